The van der Waals surface area contributed by atoms with Gasteiger partial charge >= 0.3 is 0 Å². The summed E-state index contributed by atoms with van der Waals surface area (Å²) in [5.41, 5.74) is -0.541. The first-order valence-corrected chi connectivity index (χ1v) is 9.67. The highest BCUT2D eigenvalue weighted by Gasteiger charge is 2.50. The minimum absolute atomic E-state index is 0.0408. The van der Waals surface area contributed by atoms with Crippen molar-refractivity contribution in [3.63, 3.8) is 0 Å². The lowest BCUT2D eigenvalue weighted by Gasteiger charge is -2.28. The lowest BCUT2D eigenvalue weighted by atomic mass is 10.1. The van der Waals surface area contributed by atoms with Gasteiger partial charge in [0.15, 0.2) is 0 Å². The quantitative estimate of drug-likeness (QED) is 0.581. The third kappa shape index (κ3) is 3.27. The lowest BCUT2D eigenvalue weighted by Crippen LogP contribution is -2.22. The zero-order valence-electron chi connectivity index (χ0n) is 14.1. The molecular formula is C18H13F4N3O2S. The van der Waals surface area contributed by atoms with Crippen LogP contribution in [0.5, 0.6) is 11.5 Å². The van der Waals surface area contributed by atoms with E-state index in [1.165, 1.54) is 12.1 Å². The van der Waals surface area contributed by atoms with Crippen molar-refractivity contribution < 1.29 is 27.4 Å². The molecule has 2 aromatic carbocycles. The molecule has 0 aliphatic heterocycles. The van der Waals surface area contributed by atoms with Crippen molar-refractivity contribution in [2.75, 3.05) is 6.01 Å². The molecule has 3 rings (SSSR count). The number of hydrogen-bond donors (Lipinski definition) is 2. The molecule has 0 fully saturated rings. The van der Waals surface area contributed by atoms with Crippen LogP contribution in [0.1, 0.15) is 22.8 Å². The molecule has 0 spiro atoms. The van der Waals surface area contributed by atoms with Crippen LogP contribution < -0.4 is 9.88 Å². The summed E-state index contributed by atoms with van der Waals surface area (Å²) in [6.07, 6.45) is -3.22. The predicted octanol–water partition coefficient (Wildman–Crippen LogP) is 4.16. The third-order valence-corrected chi connectivity index (χ3v) is 6.13. The molecule has 0 heterocycles. The fourth-order valence-electron chi connectivity index (χ4n) is 3.01. The number of thiocyanates is 1. The van der Waals surface area contributed by atoms with Crippen LogP contribution in [0.4, 0.5) is 17.6 Å². The number of hydrogen-bond acceptors (Lipinski definition) is 5. The summed E-state index contributed by atoms with van der Waals surface area (Å²) in [7, 11) is -3.22. The van der Waals surface area contributed by atoms with Gasteiger partial charge in [0.25, 0.3) is 5.92 Å². The van der Waals surface area contributed by atoms with E-state index in [0.717, 1.165) is 18.2 Å². The Morgan fingerprint density at radius 3 is 2.61 bits per heavy atom. The SMILES string of the molecule is N#Cc1cc(F)cc(Oc2ccc(S(N)(C#N)CF)c3c2CC(F)(F)C3O)c1. The first-order valence-electron chi connectivity index (χ1n) is 7.81. The molecule has 0 saturated heterocycles. The molecule has 1 aliphatic rings. The van der Waals surface area contributed by atoms with E-state index in [-0.39, 0.29) is 33.1 Å². The molecule has 2 aromatic rings. The fourth-order valence-corrected chi connectivity index (χ4v) is 4.21. The number of nitrogens with two attached hydrogens (primary N) is 1. The Kier molecular flexibility index (Phi) is 4.98. The van der Waals surface area contributed by atoms with E-state index in [4.69, 9.17) is 15.1 Å². The van der Waals surface area contributed by atoms with Gasteiger partial charge in [-0.15, -0.1) is 0 Å². The molecule has 0 amide bonds. The number of benzene rings is 2. The Bertz CT molecular complexity index is 1030. The van der Waals surface area contributed by atoms with Crippen LogP contribution in [0.25, 0.3) is 0 Å². The van der Waals surface area contributed by atoms with Crippen molar-refractivity contribution in [3.05, 3.63) is 52.8 Å². The number of aliphatic hydroxyl groups is 1. The fraction of sp³-hybridized carbons (Fsp3) is 0.222. The van der Waals surface area contributed by atoms with Gasteiger partial charge in [-0.25, -0.2) is 17.6 Å². The summed E-state index contributed by atoms with van der Waals surface area (Å²) in [6, 6.07) is 5.97. The van der Waals surface area contributed by atoms with Crippen molar-refractivity contribution in [3.8, 4) is 23.0 Å². The molecular weight excluding hydrogens is 398 g/mol. The van der Waals surface area contributed by atoms with Gasteiger partial charge in [0, 0.05) is 28.5 Å². The van der Waals surface area contributed by atoms with Crippen LogP contribution >= 0.6 is 10.2 Å². The average Bonchev–Trinajstić information content (AvgIpc) is 2.91. The Labute approximate surface area is 159 Å². The lowest BCUT2D eigenvalue weighted by molar-refractivity contribution is -0.0976. The molecule has 2 unspecified atom stereocenters. The maximum absolute atomic E-state index is 14.2. The number of nitriles is 2. The normalized spacial score (nSPS) is 20.4. The molecule has 2 atom stereocenters. The number of aliphatic hydroxyl groups excluding tert-OH is 1. The van der Waals surface area contributed by atoms with Crippen molar-refractivity contribution in [1.82, 2.24) is 0 Å². The van der Waals surface area contributed by atoms with Crippen LogP contribution in [0.15, 0.2) is 35.2 Å². The van der Waals surface area contributed by atoms with E-state index in [1.54, 1.807) is 11.5 Å². The molecule has 1 aliphatic carbocycles. The summed E-state index contributed by atoms with van der Waals surface area (Å²) in [5, 5.41) is 35.6. The van der Waals surface area contributed by atoms with Crippen molar-refractivity contribution >= 4 is 10.2 Å². The first kappa shape index (κ1) is 20.0. The van der Waals surface area contributed by atoms with Gasteiger partial charge in [-0.1, -0.05) is 0 Å². The largest absolute Gasteiger partial charge is 0.457 e. The zero-order valence-corrected chi connectivity index (χ0v) is 14.9. The van der Waals surface area contributed by atoms with Gasteiger partial charge in [0.2, 0.25) is 0 Å². The van der Waals surface area contributed by atoms with E-state index in [9.17, 15) is 27.9 Å². The van der Waals surface area contributed by atoms with Gasteiger partial charge in [-0.3, -0.25) is 5.14 Å². The van der Waals surface area contributed by atoms with Crippen LogP contribution in [-0.4, -0.2) is 17.0 Å². The zero-order chi connectivity index (χ0) is 20.7. The summed E-state index contributed by atoms with van der Waals surface area (Å²) in [4.78, 5) is -0.193. The highest BCUT2D eigenvalue weighted by atomic mass is 32.3. The van der Waals surface area contributed by atoms with E-state index < -0.39 is 40.5 Å². The topological polar surface area (TPSA) is 103 Å². The maximum atomic E-state index is 14.2. The van der Waals surface area contributed by atoms with E-state index in [1.807, 2.05) is 0 Å². The molecule has 0 aromatic heterocycles. The Balaban J connectivity index is 2.15. The number of fused-ring (bicyclic) bond motifs is 1. The minimum atomic E-state index is -3.58. The number of halogens is 4. The molecule has 3 N–H and O–H groups in total. The summed E-state index contributed by atoms with van der Waals surface area (Å²) < 4.78 is 60.9. The highest BCUT2D eigenvalue weighted by Crippen LogP contribution is 2.57. The second kappa shape index (κ2) is 6.99. The molecule has 146 valence electrons. The molecule has 0 radical (unpaired) electrons. The standard InChI is InChI=1S/C18H13F4N3O2S/c19-8-28(25,9-24)15-2-1-14(13-6-18(21,22)17(26)16(13)15)27-12-4-10(7-23)3-11(20)5-12/h1-5,17,26H,6,8,25H2. The third-order valence-electron chi connectivity index (χ3n) is 4.32. The van der Waals surface area contributed by atoms with Crippen molar-refractivity contribution in [1.29, 1.82) is 10.5 Å². The van der Waals surface area contributed by atoms with E-state index in [2.05, 4.69) is 0 Å². The Hall–Kier alpha value is -2.79. The average molecular weight is 411 g/mol. The number of ether oxygens (including phenoxy) is 1. The van der Waals surface area contributed by atoms with Gasteiger partial charge in [0.1, 0.15) is 34.8 Å². The van der Waals surface area contributed by atoms with Crippen LogP contribution in [0, 0.1) is 27.8 Å². The molecule has 0 saturated carbocycles. The van der Waals surface area contributed by atoms with Gasteiger partial charge in [-0.2, -0.15) is 10.5 Å². The van der Waals surface area contributed by atoms with Crippen LogP contribution in [0.2, 0.25) is 0 Å². The van der Waals surface area contributed by atoms with Gasteiger partial charge in [0.05, 0.1) is 11.6 Å². The van der Waals surface area contributed by atoms with Gasteiger partial charge in [-0.05, 0) is 34.5 Å². The second-order valence-electron chi connectivity index (χ2n) is 6.18. The van der Waals surface area contributed by atoms with E-state index in [0.29, 0.717) is 0 Å². The maximum Gasteiger partial charge on any atom is 0.281 e. The van der Waals surface area contributed by atoms with Crippen molar-refractivity contribution in [2.24, 2.45) is 5.14 Å². The smallest absolute Gasteiger partial charge is 0.281 e. The van der Waals surface area contributed by atoms with Crippen LogP contribution in [0.3, 0.4) is 0 Å². The molecule has 28 heavy (non-hydrogen) atoms. The monoisotopic (exact) mass is 411 g/mol. The Morgan fingerprint density at radius 2 is 2.00 bits per heavy atom. The highest BCUT2D eigenvalue weighted by molar-refractivity contribution is 8.35. The van der Waals surface area contributed by atoms with Crippen molar-refractivity contribution in [2.45, 2.75) is 23.3 Å². The summed E-state index contributed by atoms with van der Waals surface area (Å²) in [6.45, 7) is 0. The number of alkyl halides is 3. The Morgan fingerprint density at radius 1 is 1.29 bits per heavy atom. The summed E-state index contributed by atoms with van der Waals surface area (Å²) in [5.74, 6) is -4.60. The second-order valence-corrected chi connectivity index (χ2v) is 8.60. The summed E-state index contributed by atoms with van der Waals surface area (Å²) >= 11 is 0. The minimum Gasteiger partial charge on any atom is -0.457 e. The van der Waals surface area contributed by atoms with E-state index >= 15 is 0 Å². The predicted molar refractivity (Wildman–Crippen MR) is 92.9 cm³/mol. The molecule has 10 heteroatoms. The van der Waals surface area contributed by atoms with Gasteiger partial charge < -0.3 is 9.84 Å². The molecule has 5 nitrogen and oxygen atoms in total. The number of rotatable bonds is 4. The number of nitrogens with zero attached hydrogens (tertiary/aromatic N) is 2. The van der Waals surface area contributed by atoms with Crippen LogP contribution in [-0.2, 0) is 6.42 Å². The first-order chi connectivity index (χ1) is 13.1. The molecule has 0 bridgehead atoms.